The molecule has 0 aromatic heterocycles. The summed E-state index contributed by atoms with van der Waals surface area (Å²) in [5.74, 6) is -0.946. The number of hydrogen-bond donors (Lipinski definition) is 2. The molecule has 0 heterocycles. The van der Waals surface area contributed by atoms with Gasteiger partial charge in [0.05, 0.1) is 12.6 Å². The zero-order valence-corrected chi connectivity index (χ0v) is 18.4. The van der Waals surface area contributed by atoms with Gasteiger partial charge in [0.15, 0.2) is 11.6 Å². The lowest BCUT2D eigenvalue weighted by Crippen LogP contribution is -2.49. The van der Waals surface area contributed by atoms with Crippen molar-refractivity contribution in [1.29, 1.82) is 0 Å². The zero-order chi connectivity index (χ0) is 22.9. The van der Waals surface area contributed by atoms with E-state index < -0.39 is 6.04 Å². The summed E-state index contributed by atoms with van der Waals surface area (Å²) in [5, 5.41) is 5.64. The van der Waals surface area contributed by atoms with Crippen LogP contribution in [-0.2, 0) is 9.59 Å². The van der Waals surface area contributed by atoms with E-state index in [1.807, 2.05) is 20.8 Å². The van der Waals surface area contributed by atoms with Crippen LogP contribution < -0.4 is 10.6 Å². The van der Waals surface area contributed by atoms with Crippen LogP contribution in [0.15, 0.2) is 42.5 Å². The Morgan fingerprint density at radius 3 is 2.06 bits per heavy atom. The number of rotatable bonds is 5. The molecule has 0 bridgehead atoms. The van der Waals surface area contributed by atoms with E-state index in [0.29, 0.717) is 22.4 Å². The first-order valence-electron chi connectivity index (χ1n) is 10.1. The molecule has 7 heteroatoms. The second-order valence-electron chi connectivity index (χ2n) is 8.84. The molecule has 162 valence electrons. The maximum absolute atomic E-state index is 12.9. The summed E-state index contributed by atoms with van der Waals surface area (Å²) in [7, 11) is 1.69. The average molecular weight is 421 g/mol. The number of fused-ring (bicyclic) bond motifs is 2. The third kappa shape index (κ3) is 4.88. The molecule has 2 N–H and O–H groups in total. The minimum atomic E-state index is -0.584. The molecule has 31 heavy (non-hydrogen) atoms. The Kier molecular flexibility index (Phi) is 6.08. The van der Waals surface area contributed by atoms with Crippen molar-refractivity contribution < 1.29 is 19.2 Å². The summed E-state index contributed by atoms with van der Waals surface area (Å²) < 4.78 is 0. The van der Waals surface area contributed by atoms with Gasteiger partial charge in [0, 0.05) is 33.5 Å². The first-order valence-corrected chi connectivity index (χ1v) is 10.1. The molecule has 0 unspecified atom stereocenters. The van der Waals surface area contributed by atoms with Crippen LogP contribution in [0, 0.1) is 0 Å². The van der Waals surface area contributed by atoms with Crippen molar-refractivity contribution in [3.8, 4) is 0 Å². The van der Waals surface area contributed by atoms with E-state index in [1.165, 1.54) is 6.07 Å². The van der Waals surface area contributed by atoms with Gasteiger partial charge in [0.25, 0.3) is 0 Å². The van der Waals surface area contributed by atoms with E-state index in [9.17, 15) is 19.2 Å². The Hall–Kier alpha value is -3.32. The molecule has 1 aliphatic rings. The van der Waals surface area contributed by atoms with Crippen LogP contribution in [0.4, 0.5) is 5.69 Å². The first kappa shape index (κ1) is 22.4. The Morgan fingerprint density at radius 2 is 1.48 bits per heavy atom. The largest absolute Gasteiger partial charge is 0.350 e. The van der Waals surface area contributed by atoms with E-state index in [0.717, 1.165) is 0 Å². The average Bonchev–Trinajstić information content (AvgIpc) is 2.69. The number of likely N-dealkylation sites (N-methyl/N-ethyl adjacent to an activating group) is 1. The van der Waals surface area contributed by atoms with E-state index in [4.69, 9.17) is 0 Å². The number of carbonyl (C=O) groups excluding carboxylic acids is 4. The summed E-state index contributed by atoms with van der Waals surface area (Å²) in [6.45, 7) is 7.44. The minimum absolute atomic E-state index is 0.0693. The van der Waals surface area contributed by atoms with E-state index in [-0.39, 0.29) is 41.0 Å². The lowest BCUT2D eigenvalue weighted by atomic mass is 9.84. The van der Waals surface area contributed by atoms with Crippen molar-refractivity contribution in [2.24, 2.45) is 0 Å². The SMILES string of the molecule is C[C@H](C(=O)Nc1ccc2c(c1)C(=O)c1ccccc1C2=O)N(C)CC(=O)NC(C)(C)C. The molecule has 0 fully saturated rings. The van der Waals surface area contributed by atoms with Crippen molar-refractivity contribution in [2.45, 2.75) is 39.3 Å². The Labute approximate surface area is 181 Å². The molecular formula is C24H27N3O4. The number of benzene rings is 2. The molecule has 2 amide bonds. The van der Waals surface area contributed by atoms with Crippen LogP contribution in [0.25, 0.3) is 0 Å². The predicted molar refractivity (Wildman–Crippen MR) is 118 cm³/mol. The van der Waals surface area contributed by atoms with Crippen LogP contribution in [-0.4, -0.2) is 53.5 Å². The van der Waals surface area contributed by atoms with E-state index in [1.54, 1.807) is 55.3 Å². The van der Waals surface area contributed by atoms with Crippen LogP contribution in [0.3, 0.4) is 0 Å². The number of ketones is 2. The molecule has 3 rings (SSSR count). The smallest absolute Gasteiger partial charge is 0.241 e. The second-order valence-corrected chi connectivity index (χ2v) is 8.84. The molecular weight excluding hydrogens is 394 g/mol. The monoisotopic (exact) mass is 421 g/mol. The summed E-state index contributed by atoms with van der Waals surface area (Å²) in [6, 6.07) is 10.8. The molecule has 0 saturated heterocycles. The molecule has 0 aliphatic heterocycles. The highest BCUT2D eigenvalue weighted by atomic mass is 16.2. The maximum Gasteiger partial charge on any atom is 0.241 e. The molecule has 0 radical (unpaired) electrons. The third-order valence-corrected chi connectivity index (χ3v) is 5.14. The van der Waals surface area contributed by atoms with E-state index in [2.05, 4.69) is 10.6 Å². The topological polar surface area (TPSA) is 95.6 Å². The highest BCUT2D eigenvalue weighted by Gasteiger charge is 2.30. The summed E-state index contributed by atoms with van der Waals surface area (Å²) in [6.07, 6.45) is 0. The van der Waals surface area contributed by atoms with Gasteiger partial charge in [-0.1, -0.05) is 24.3 Å². The molecule has 2 aromatic carbocycles. The summed E-state index contributed by atoms with van der Waals surface area (Å²) in [4.78, 5) is 52.0. The number of nitrogens with zero attached hydrogens (tertiary/aromatic N) is 1. The lowest BCUT2D eigenvalue weighted by Gasteiger charge is -2.26. The maximum atomic E-state index is 12.9. The van der Waals surface area contributed by atoms with Gasteiger partial charge in [-0.2, -0.15) is 0 Å². The fraction of sp³-hybridized carbons (Fsp3) is 0.333. The molecule has 1 atom stereocenters. The highest BCUT2D eigenvalue weighted by Crippen LogP contribution is 2.29. The van der Waals surface area contributed by atoms with Crippen LogP contribution in [0.5, 0.6) is 0 Å². The normalized spacial score (nSPS) is 14.0. The van der Waals surface area contributed by atoms with Crippen molar-refractivity contribution in [2.75, 3.05) is 18.9 Å². The fourth-order valence-corrected chi connectivity index (χ4v) is 3.45. The van der Waals surface area contributed by atoms with Gasteiger partial charge in [0.2, 0.25) is 11.8 Å². The highest BCUT2D eigenvalue weighted by molar-refractivity contribution is 6.28. The number of carbonyl (C=O) groups is 4. The number of amides is 2. The lowest BCUT2D eigenvalue weighted by molar-refractivity contribution is -0.125. The van der Waals surface area contributed by atoms with Crippen molar-refractivity contribution in [3.63, 3.8) is 0 Å². The van der Waals surface area contributed by atoms with Crippen molar-refractivity contribution >= 4 is 29.1 Å². The van der Waals surface area contributed by atoms with Gasteiger partial charge in [-0.25, -0.2) is 0 Å². The zero-order valence-electron chi connectivity index (χ0n) is 18.4. The van der Waals surface area contributed by atoms with Crippen molar-refractivity contribution in [1.82, 2.24) is 10.2 Å². The molecule has 7 nitrogen and oxygen atoms in total. The Bertz CT molecular complexity index is 1070. The minimum Gasteiger partial charge on any atom is -0.350 e. The van der Waals surface area contributed by atoms with Gasteiger partial charge < -0.3 is 10.6 Å². The first-order chi connectivity index (χ1) is 14.5. The molecule has 0 saturated carbocycles. The van der Waals surface area contributed by atoms with Gasteiger partial charge in [-0.05, 0) is 52.9 Å². The van der Waals surface area contributed by atoms with Gasteiger partial charge in [0.1, 0.15) is 0 Å². The number of anilines is 1. The van der Waals surface area contributed by atoms with Crippen LogP contribution in [0.2, 0.25) is 0 Å². The molecule has 2 aromatic rings. The Morgan fingerprint density at radius 1 is 0.935 bits per heavy atom. The Balaban J connectivity index is 1.72. The molecule has 0 spiro atoms. The van der Waals surface area contributed by atoms with Crippen LogP contribution >= 0.6 is 0 Å². The number of nitrogens with one attached hydrogen (secondary N) is 2. The standard InChI is InChI=1S/C24H27N3O4/c1-14(27(5)13-20(28)26-24(2,3)4)23(31)25-15-10-11-18-19(12-15)22(30)17-9-7-6-8-16(17)21(18)29/h6-12,14H,13H2,1-5H3,(H,25,31)(H,26,28)/t14-/m1/s1. The van der Waals surface area contributed by atoms with Gasteiger partial charge in [-0.15, -0.1) is 0 Å². The third-order valence-electron chi connectivity index (χ3n) is 5.14. The quantitative estimate of drug-likeness (QED) is 0.660. The van der Waals surface area contributed by atoms with Gasteiger partial charge >= 0.3 is 0 Å². The molecule has 1 aliphatic carbocycles. The number of hydrogen-bond acceptors (Lipinski definition) is 5. The fourth-order valence-electron chi connectivity index (χ4n) is 3.45. The summed E-state index contributed by atoms with van der Waals surface area (Å²) in [5.41, 5.74) is 1.42. The van der Waals surface area contributed by atoms with Crippen LogP contribution in [0.1, 0.15) is 59.5 Å². The second kappa shape index (κ2) is 8.43. The van der Waals surface area contributed by atoms with Gasteiger partial charge in [-0.3, -0.25) is 24.1 Å². The predicted octanol–water partition coefficient (Wildman–Crippen LogP) is 2.64. The summed E-state index contributed by atoms with van der Waals surface area (Å²) >= 11 is 0. The van der Waals surface area contributed by atoms with E-state index >= 15 is 0 Å². The van der Waals surface area contributed by atoms with Crippen molar-refractivity contribution in [3.05, 3.63) is 64.7 Å².